The maximum Gasteiger partial charge on any atom is 0.274 e. The zero-order valence-electron chi connectivity index (χ0n) is 8.50. The van der Waals surface area contributed by atoms with Crippen LogP contribution in [0.1, 0.15) is 5.56 Å². The molecule has 2 rings (SSSR count). The first kappa shape index (κ1) is 10.6. The molecule has 1 unspecified atom stereocenters. The average molecular weight is 221 g/mol. The van der Waals surface area contributed by atoms with Crippen molar-refractivity contribution in [3.8, 4) is 0 Å². The molecule has 1 fully saturated rings. The van der Waals surface area contributed by atoms with Crippen LogP contribution in [0.15, 0.2) is 24.3 Å². The molecule has 0 aliphatic carbocycles. The molecule has 1 saturated heterocycles. The molecule has 0 radical (unpaired) electrons. The van der Waals surface area contributed by atoms with Crippen molar-refractivity contribution in [2.75, 3.05) is 6.54 Å². The molecule has 16 heavy (non-hydrogen) atoms. The van der Waals surface area contributed by atoms with Crippen LogP contribution in [0.3, 0.4) is 0 Å². The summed E-state index contributed by atoms with van der Waals surface area (Å²) in [6, 6.07) is 5.95. The van der Waals surface area contributed by atoms with Gasteiger partial charge < -0.3 is 10.6 Å². The smallest absolute Gasteiger partial charge is 0.274 e. The number of β-lactam (4-membered cyclic amide) rings is 1. The molecule has 1 heterocycles. The first-order valence-electron chi connectivity index (χ1n) is 4.86. The molecule has 0 bridgehead atoms. The van der Waals surface area contributed by atoms with E-state index in [-0.39, 0.29) is 18.1 Å². The van der Waals surface area contributed by atoms with Gasteiger partial charge in [0.1, 0.15) is 6.04 Å². The summed E-state index contributed by atoms with van der Waals surface area (Å²) in [6.45, 7) is 0.717. The van der Waals surface area contributed by atoms with E-state index in [4.69, 9.17) is 5.73 Å². The first-order chi connectivity index (χ1) is 7.59. The zero-order chi connectivity index (χ0) is 11.7. The molecule has 6 heteroatoms. The minimum atomic E-state index is -0.445. The molecule has 1 atom stereocenters. The van der Waals surface area contributed by atoms with Gasteiger partial charge in [-0.05, 0) is 0 Å². The van der Waals surface area contributed by atoms with E-state index in [0.29, 0.717) is 12.1 Å². The summed E-state index contributed by atoms with van der Waals surface area (Å²) in [5.74, 6) is -0.154. The molecule has 1 aliphatic rings. The predicted molar refractivity (Wildman–Crippen MR) is 56.5 cm³/mol. The van der Waals surface area contributed by atoms with Gasteiger partial charge in [-0.15, -0.1) is 0 Å². The summed E-state index contributed by atoms with van der Waals surface area (Å²) in [4.78, 5) is 23.1. The third kappa shape index (κ3) is 1.74. The Balaban J connectivity index is 2.16. The van der Waals surface area contributed by atoms with Crippen LogP contribution in [0.5, 0.6) is 0 Å². The highest BCUT2D eigenvalue weighted by Crippen LogP contribution is 2.21. The van der Waals surface area contributed by atoms with E-state index in [1.54, 1.807) is 18.2 Å². The highest BCUT2D eigenvalue weighted by atomic mass is 16.6. The Bertz CT molecular complexity index is 447. The van der Waals surface area contributed by atoms with Crippen molar-refractivity contribution in [2.24, 2.45) is 5.73 Å². The van der Waals surface area contributed by atoms with Crippen LogP contribution in [0.4, 0.5) is 5.69 Å². The van der Waals surface area contributed by atoms with Crippen molar-refractivity contribution in [1.29, 1.82) is 0 Å². The molecule has 0 spiro atoms. The minimum absolute atomic E-state index is 0.0378. The molecule has 84 valence electrons. The van der Waals surface area contributed by atoms with Gasteiger partial charge in [-0.1, -0.05) is 18.2 Å². The van der Waals surface area contributed by atoms with Gasteiger partial charge in [-0.25, -0.2) is 0 Å². The maximum absolute atomic E-state index is 11.3. The molecule has 1 amide bonds. The van der Waals surface area contributed by atoms with E-state index < -0.39 is 11.0 Å². The standard InChI is InChI=1S/C10H11N3O3/c11-8-6-12(10(8)14)5-7-3-1-2-4-9(7)13(15)16/h1-4,8H,5-6,11H2. The summed E-state index contributed by atoms with van der Waals surface area (Å²) in [7, 11) is 0. The maximum atomic E-state index is 11.3. The highest BCUT2D eigenvalue weighted by molar-refractivity contribution is 5.87. The lowest BCUT2D eigenvalue weighted by Crippen LogP contribution is -2.60. The zero-order valence-corrected chi connectivity index (χ0v) is 8.50. The van der Waals surface area contributed by atoms with Crippen molar-refractivity contribution in [3.05, 3.63) is 39.9 Å². The summed E-state index contributed by atoms with van der Waals surface area (Å²) in [5.41, 5.74) is 6.01. The number of amides is 1. The predicted octanol–water partition coefficient (Wildman–Crippen LogP) is 0.264. The second kappa shape index (κ2) is 3.90. The number of nitro benzene ring substituents is 1. The fraction of sp³-hybridized carbons (Fsp3) is 0.300. The number of nitrogens with zero attached hydrogens (tertiary/aromatic N) is 2. The number of benzene rings is 1. The summed E-state index contributed by atoms with van der Waals surface area (Å²) in [5, 5.41) is 10.7. The van der Waals surface area contributed by atoms with Gasteiger partial charge in [0.05, 0.1) is 11.5 Å². The fourth-order valence-electron chi connectivity index (χ4n) is 1.70. The third-order valence-electron chi connectivity index (χ3n) is 2.60. The van der Waals surface area contributed by atoms with Crippen LogP contribution in [-0.4, -0.2) is 28.3 Å². The number of hydrogen-bond donors (Lipinski definition) is 1. The van der Waals surface area contributed by atoms with Gasteiger partial charge in [0.2, 0.25) is 5.91 Å². The Labute approximate surface area is 91.8 Å². The molecular formula is C10H11N3O3. The van der Waals surface area contributed by atoms with Crippen molar-refractivity contribution in [1.82, 2.24) is 4.90 Å². The van der Waals surface area contributed by atoms with Gasteiger partial charge in [0.15, 0.2) is 0 Å². The summed E-state index contributed by atoms with van der Waals surface area (Å²) in [6.07, 6.45) is 0. The van der Waals surface area contributed by atoms with Crippen LogP contribution < -0.4 is 5.73 Å². The van der Waals surface area contributed by atoms with E-state index in [9.17, 15) is 14.9 Å². The SMILES string of the molecule is NC1CN(Cc2ccccc2[N+](=O)[O-])C1=O. The van der Waals surface area contributed by atoms with Gasteiger partial charge in [-0.2, -0.15) is 0 Å². The Morgan fingerprint density at radius 3 is 2.75 bits per heavy atom. The monoisotopic (exact) mass is 221 g/mol. The lowest BCUT2D eigenvalue weighted by molar-refractivity contribution is -0.385. The number of rotatable bonds is 3. The normalized spacial score (nSPS) is 19.4. The molecule has 0 saturated carbocycles. The van der Waals surface area contributed by atoms with E-state index in [0.717, 1.165) is 0 Å². The average Bonchev–Trinajstić information content (AvgIpc) is 2.28. The lowest BCUT2D eigenvalue weighted by Gasteiger charge is -2.35. The summed E-state index contributed by atoms with van der Waals surface area (Å²) >= 11 is 0. The molecule has 1 aliphatic heterocycles. The van der Waals surface area contributed by atoms with Crippen molar-refractivity contribution in [3.63, 3.8) is 0 Å². The molecule has 2 N–H and O–H groups in total. The van der Waals surface area contributed by atoms with E-state index >= 15 is 0 Å². The number of para-hydroxylation sites is 1. The molecule has 1 aromatic rings. The van der Waals surface area contributed by atoms with Crippen LogP contribution in [0.25, 0.3) is 0 Å². The molecule has 0 aromatic heterocycles. The van der Waals surface area contributed by atoms with Gasteiger partial charge in [0.25, 0.3) is 5.69 Å². The van der Waals surface area contributed by atoms with Crippen molar-refractivity contribution < 1.29 is 9.72 Å². The number of carbonyl (C=O) groups is 1. The highest BCUT2D eigenvalue weighted by Gasteiger charge is 2.34. The summed E-state index contributed by atoms with van der Waals surface area (Å²) < 4.78 is 0. The Hall–Kier alpha value is -1.95. The minimum Gasteiger partial charge on any atom is -0.335 e. The van der Waals surface area contributed by atoms with Crippen LogP contribution >= 0.6 is 0 Å². The van der Waals surface area contributed by atoms with E-state index in [2.05, 4.69) is 0 Å². The quantitative estimate of drug-likeness (QED) is 0.450. The number of likely N-dealkylation sites (tertiary alicyclic amines) is 1. The van der Waals surface area contributed by atoms with Gasteiger partial charge in [0, 0.05) is 18.2 Å². The Morgan fingerprint density at radius 2 is 2.19 bits per heavy atom. The molecular weight excluding hydrogens is 210 g/mol. The third-order valence-corrected chi connectivity index (χ3v) is 2.60. The van der Waals surface area contributed by atoms with Crippen molar-refractivity contribution in [2.45, 2.75) is 12.6 Å². The first-order valence-corrected chi connectivity index (χ1v) is 4.86. The molecule has 1 aromatic carbocycles. The van der Waals surface area contributed by atoms with E-state index in [1.807, 2.05) is 0 Å². The largest absolute Gasteiger partial charge is 0.335 e. The van der Waals surface area contributed by atoms with Crippen molar-refractivity contribution >= 4 is 11.6 Å². The van der Waals surface area contributed by atoms with Crippen LogP contribution in [-0.2, 0) is 11.3 Å². The number of hydrogen-bond acceptors (Lipinski definition) is 4. The Morgan fingerprint density at radius 1 is 1.50 bits per heavy atom. The molecule has 6 nitrogen and oxygen atoms in total. The number of carbonyl (C=O) groups excluding carboxylic acids is 1. The lowest BCUT2D eigenvalue weighted by atomic mass is 10.1. The Kier molecular flexibility index (Phi) is 2.57. The topological polar surface area (TPSA) is 89.5 Å². The second-order valence-electron chi connectivity index (χ2n) is 3.71. The fourth-order valence-corrected chi connectivity index (χ4v) is 1.70. The van der Waals surface area contributed by atoms with E-state index in [1.165, 1.54) is 11.0 Å². The van der Waals surface area contributed by atoms with Crippen LogP contribution in [0.2, 0.25) is 0 Å². The second-order valence-corrected chi connectivity index (χ2v) is 3.71. The van der Waals surface area contributed by atoms with Crippen LogP contribution in [0, 0.1) is 10.1 Å². The number of nitrogens with two attached hydrogens (primary N) is 1. The van der Waals surface area contributed by atoms with Gasteiger partial charge in [-0.3, -0.25) is 14.9 Å². The number of nitro groups is 1. The van der Waals surface area contributed by atoms with Gasteiger partial charge >= 0.3 is 0 Å².